The molecule has 0 N–H and O–H groups in total. The lowest BCUT2D eigenvalue weighted by atomic mass is 10.3. The van der Waals surface area contributed by atoms with E-state index in [1.54, 1.807) is 13.8 Å². The van der Waals surface area contributed by atoms with Gasteiger partial charge < -0.3 is 0 Å². The molecule has 0 fully saturated rings. The molecule has 2 nitrogen and oxygen atoms in total. The van der Waals surface area contributed by atoms with Crippen molar-refractivity contribution in [1.29, 1.82) is 0 Å². The average Bonchev–Trinajstić information content (AvgIpc) is 1.83. The maximum Gasteiger partial charge on any atom is 0.232 e. The molecule has 0 unspecified atom stereocenters. The third-order valence-electron chi connectivity index (χ3n) is 0.898. The highest BCUT2D eigenvalue weighted by molar-refractivity contribution is 8.13. The smallest absolute Gasteiger partial charge is 0.212 e. The Balaban J connectivity index is 0. The van der Waals surface area contributed by atoms with Gasteiger partial charge in [0.05, 0.1) is 5.75 Å². The SMILES string of the molecule is CC(C)CS.CC(C)CS(=O)(=O)Cl. The van der Waals surface area contributed by atoms with Gasteiger partial charge >= 0.3 is 0 Å². The first-order chi connectivity index (χ1) is 5.69. The van der Waals surface area contributed by atoms with Gasteiger partial charge in [-0.05, 0) is 17.6 Å². The van der Waals surface area contributed by atoms with Crippen molar-refractivity contribution in [2.45, 2.75) is 27.7 Å². The first-order valence-corrected chi connectivity index (χ1v) is 7.33. The maximum absolute atomic E-state index is 10.2. The molecule has 0 aromatic carbocycles. The van der Waals surface area contributed by atoms with E-state index in [2.05, 4.69) is 26.5 Å². The summed E-state index contributed by atoms with van der Waals surface area (Å²) in [5.74, 6) is 1.94. The monoisotopic (exact) mass is 246 g/mol. The van der Waals surface area contributed by atoms with E-state index >= 15 is 0 Å². The van der Waals surface area contributed by atoms with Crippen LogP contribution in [0.1, 0.15) is 27.7 Å². The molecular weight excluding hydrogens is 228 g/mol. The predicted octanol–water partition coefficient (Wildman–Crippen LogP) is 2.78. The van der Waals surface area contributed by atoms with Crippen molar-refractivity contribution in [3.63, 3.8) is 0 Å². The zero-order chi connectivity index (χ0) is 11.1. The Kier molecular flexibility index (Phi) is 9.80. The molecule has 5 heteroatoms. The molecule has 13 heavy (non-hydrogen) atoms. The molecule has 0 aromatic rings. The summed E-state index contributed by atoms with van der Waals surface area (Å²) in [5.41, 5.74) is 0. The Hall–Kier alpha value is 0.590. The van der Waals surface area contributed by atoms with E-state index in [1.165, 1.54) is 0 Å². The van der Waals surface area contributed by atoms with E-state index < -0.39 is 9.05 Å². The number of hydrogen-bond donors (Lipinski definition) is 1. The molecule has 0 radical (unpaired) electrons. The second-order valence-corrected chi connectivity index (χ2v) is 6.86. The fraction of sp³-hybridized carbons (Fsp3) is 1.00. The van der Waals surface area contributed by atoms with Crippen LogP contribution in [-0.2, 0) is 9.05 Å². The van der Waals surface area contributed by atoms with Gasteiger partial charge in [0.1, 0.15) is 0 Å². The van der Waals surface area contributed by atoms with Crippen LogP contribution >= 0.6 is 23.3 Å². The zero-order valence-corrected chi connectivity index (χ0v) is 11.1. The van der Waals surface area contributed by atoms with Crippen molar-refractivity contribution < 1.29 is 8.42 Å². The molecule has 0 rings (SSSR count). The lowest BCUT2D eigenvalue weighted by Gasteiger charge is -1.96. The lowest BCUT2D eigenvalue weighted by Crippen LogP contribution is -2.03. The minimum Gasteiger partial charge on any atom is -0.212 e. The van der Waals surface area contributed by atoms with Gasteiger partial charge in [-0.3, -0.25) is 0 Å². The predicted molar refractivity (Wildman–Crippen MR) is 63.2 cm³/mol. The van der Waals surface area contributed by atoms with E-state index in [0.717, 1.165) is 11.7 Å². The molecule has 0 saturated heterocycles. The van der Waals surface area contributed by atoms with Gasteiger partial charge in [0.2, 0.25) is 9.05 Å². The fourth-order valence-electron chi connectivity index (χ4n) is 0.398. The highest BCUT2D eigenvalue weighted by atomic mass is 35.7. The van der Waals surface area contributed by atoms with Gasteiger partial charge in [-0.25, -0.2) is 8.42 Å². The topological polar surface area (TPSA) is 34.1 Å². The Morgan fingerprint density at radius 2 is 1.46 bits per heavy atom. The van der Waals surface area contributed by atoms with Crippen molar-refractivity contribution in [2.24, 2.45) is 11.8 Å². The number of hydrogen-bond acceptors (Lipinski definition) is 3. The van der Waals surface area contributed by atoms with Crippen molar-refractivity contribution in [3.8, 4) is 0 Å². The number of thiol groups is 1. The van der Waals surface area contributed by atoms with Gasteiger partial charge in [0, 0.05) is 10.7 Å². The van der Waals surface area contributed by atoms with Crippen molar-refractivity contribution >= 4 is 32.4 Å². The van der Waals surface area contributed by atoms with Crippen LogP contribution < -0.4 is 0 Å². The van der Waals surface area contributed by atoms with Gasteiger partial charge in [0.15, 0.2) is 0 Å². The summed E-state index contributed by atoms with van der Waals surface area (Å²) < 4.78 is 20.4. The summed E-state index contributed by atoms with van der Waals surface area (Å²) in [5, 5.41) is 0. The van der Waals surface area contributed by atoms with Crippen LogP contribution in [0.15, 0.2) is 0 Å². The third kappa shape index (κ3) is 24.5. The summed E-state index contributed by atoms with van der Waals surface area (Å²) in [6.07, 6.45) is 0. The molecule has 0 atom stereocenters. The summed E-state index contributed by atoms with van der Waals surface area (Å²) in [4.78, 5) is 0. The van der Waals surface area contributed by atoms with Crippen LogP contribution in [0.4, 0.5) is 0 Å². The minimum atomic E-state index is -3.25. The Morgan fingerprint density at radius 1 is 1.15 bits per heavy atom. The molecule has 0 spiro atoms. The number of halogens is 1. The van der Waals surface area contributed by atoms with Crippen LogP contribution in [0.5, 0.6) is 0 Å². The summed E-state index contributed by atoms with van der Waals surface area (Å²) >= 11 is 4.02. The van der Waals surface area contributed by atoms with Crippen LogP contribution in [-0.4, -0.2) is 19.9 Å². The number of rotatable bonds is 3. The molecule has 0 bridgehead atoms. The first-order valence-electron chi connectivity index (χ1n) is 4.22. The van der Waals surface area contributed by atoms with Crippen LogP contribution in [0.2, 0.25) is 0 Å². The maximum atomic E-state index is 10.2. The van der Waals surface area contributed by atoms with Crippen molar-refractivity contribution in [2.75, 3.05) is 11.5 Å². The van der Waals surface area contributed by atoms with E-state index in [9.17, 15) is 8.42 Å². The summed E-state index contributed by atoms with van der Waals surface area (Å²) in [6.45, 7) is 7.90. The summed E-state index contributed by atoms with van der Waals surface area (Å²) in [6, 6.07) is 0. The Labute approximate surface area is 91.9 Å². The van der Waals surface area contributed by atoms with E-state index in [1.807, 2.05) is 0 Å². The minimum absolute atomic E-state index is 0.0640. The fourth-order valence-corrected chi connectivity index (χ4v) is 1.95. The molecule has 82 valence electrons. The third-order valence-corrected chi connectivity index (χ3v) is 3.07. The molecule has 0 amide bonds. The highest BCUT2D eigenvalue weighted by Crippen LogP contribution is 2.03. The molecule has 0 aromatic heterocycles. The Bertz CT molecular complexity index is 198. The molecule has 0 saturated carbocycles. The average molecular weight is 247 g/mol. The first kappa shape index (κ1) is 16.0. The van der Waals surface area contributed by atoms with Gasteiger partial charge in [-0.15, -0.1) is 0 Å². The van der Waals surface area contributed by atoms with Gasteiger partial charge in [-0.1, -0.05) is 27.7 Å². The van der Waals surface area contributed by atoms with E-state index in [0.29, 0.717) is 0 Å². The molecule has 0 aliphatic heterocycles. The van der Waals surface area contributed by atoms with Crippen LogP contribution in [0.25, 0.3) is 0 Å². The second-order valence-electron chi connectivity index (χ2n) is 3.68. The molecule has 0 aliphatic rings. The van der Waals surface area contributed by atoms with E-state index in [-0.39, 0.29) is 11.7 Å². The van der Waals surface area contributed by atoms with E-state index in [4.69, 9.17) is 10.7 Å². The largest absolute Gasteiger partial charge is 0.232 e. The molecular formula is C8H19ClO2S2. The van der Waals surface area contributed by atoms with Crippen LogP contribution in [0.3, 0.4) is 0 Å². The van der Waals surface area contributed by atoms with Gasteiger partial charge in [0.25, 0.3) is 0 Å². The zero-order valence-electron chi connectivity index (χ0n) is 8.62. The highest BCUT2D eigenvalue weighted by Gasteiger charge is 2.06. The lowest BCUT2D eigenvalue weighted by molar-refractivity contribution is 0.596. The quantitative estimate of drug-likeness (QED) is 0.614. The summed E-state index contributed by atoms with van der Waals surface area (Å²) in [7, 11) is 1.65. The second kappa shape index (κ2) is 7.94. The standard InChI is InChI=1S/C4H9ClO2S.C4H10S/c1-4(2)3-8(5,6)7;1-4(2)3-5/h4H,3H2,1-2H3;4-5H,3H2,1-2H3. The normalized spacial score (nSPS) is 11.4. The van der Waals surface area contributed by atoms with Crippen molar-refractivity contribution in [1.82, 2.24) is 0 Å². The van der Waals surface area contributed by atoms with Crippen LogP contribution in [0, 0.1) is 11.8 Å². The van der Waals surface area contributed by atoms with Crippen molar-refractivity contribution in [3.05, 3.63) is 0 Å². The van der Waals surface area contributed by atoms with Gasteiger partial charge in [-0.2, -0.15) is 12.6 Å². The Morgan fingerprint density at radius 3 is 1.46 bits per heavy atom. The molecule has 0 heterocycles. The molecule has 0 aliphatic carbocycles.